The fourth-order valence-electron chi connectivity index (χ4n) is 3.11. The van der Waals surface area contributed by atoms with Gasteiger partial charge >= 0.3 is 0 Å². The number of allylic oxidation sites excluding steroid dienone is 1. The number of pyridine rings is 1. The molecular formula is C22H26FN3O3. The van der Waals surface area contributed by atoms with Gasteiger partial charge < -0.3 is 15.8 Å². The number of aromatic nitrogens is 1. The first kappa shape index (κ1) is 22.1. The van der Waals surface area contributed by atoms with Crippen LogP contribution in [0.3, 0.4) is 0 Å². The van der Waals surface area contributed by atoms with Crippen LogP contribution in [-0.4, -0.2) is 23.9 Å². The fourth-order valence-corrected chi connectivity index (χ4v) is 3.11. The molecule has 0 aliphatic rings. The van der Waals surface area contributed by atoms with Crippen LogP contribution in [0.5, 0.6) is 5.75 Å². The molecule has 1 aromatic heterocycles. The van der Waals surface area contributed by atoms with Gasteiger partial charge in [0.2, 0.25) is 5.91 Å². The number of carbonyl (C=O) groups excluding carboxylic acids is 2. The van der Waals surface area contributed by atoms with E-state index in [9.17, 15) is 14.0 Å². The van der Waals surface area contributed by atoms with Crippen molar-refractivity contribution in [2.24, 2.45) is 5.73 Å². The quantitative estimate of drug-likeness (QED) is 0.772. The van der Waals surface area contributed by atoms with Crippen molar-refractivity contribution in [1.82, 2.24) is 4.98 Å². The van der Waals surface area contributed by atoms with E-state index in [-0.39, 0.29) is 17.7 Å². The summed E-state index contributed by atoms with van der Waals surface area (Å²) in [6.45, 7) is 11.2. The highest BCUT2D eigenvalue weighted by molar-refractivity contribution is 5.98. The Balaban J connectivity index is 2.37. The third kappa shape index (κ3) is 4.99. The first-order valence-electron chi connectivity index (χ1n) is 9.07. The first-order chi connectivity index (χ1) is 13.5. The van der Waals surface area contributed by atoms with Gasteiger partial charge in [-0.3, -0.25) is 14.6 Å². The number of hydrogen-bond donors (Lipinski definition) is 2. The molecule has 0 saturated carbocycles. The SMILES string of the molecule is C=C(C)c1cc(F)c(CC(=O)Nc2ccnc(C(N)=O)c2C(C)(C)C)cc1OC. The maximum atomic E-state index is 14.5. The highest BCUT2D eigenvalue weighted by Crippen LogP contribution is 2.32. The van der Waals surface area contributed by atoms with Crippen LogP contribution in [0.2, 0.25) is 0 Å². The predicted molar refractivity (Wildman–Crippen MR) is 111 cm³/mol. The van der Waals surface area contributed by atoms with E-state index in [1.54, 1.807) is 13.0 Å². The number of nitrogens with one attached hydrogen (secondary N) is 1. The monoisotopic (exact) mass is 399 g/mol. The zero-order valence-electron chi connectivity index (χ0n) is 17.4. The summed E-state index contributed by atoms with van der Waals surface area (Å²) in [5.41, 5.74) is 7.36. The molecule has 2 rings (SSSR count). The molecule has 0 atom stereocenters. The van der Waals surface area contributed by atoms with Gasteiger partial charge in [0.05, 0.1) is 13.5 Å². The second kappa shape index (κ2) is 8.43. The van der Waals surface area contributed by atoms with E-state index in [0.29, 0.717) is 28.1 Å². The van der Waals surface area contributed by atoms with Crippen LogP contribution in [-0.2, 0) is 16.6 Å². The number of halogens is 1. The van der Waals surface area contributed by atoms with Crippen molar-refractivity contribution in [2.75, 3.05) is 12.4 Å². The molecule has 0 radical (unpaired) electrons. The Hall–Kier alpha value is -3.22. The summed E-state index contributed by atoms with van der Waals surface area (Å²) in [5, 5.41) is 2.75. The molecule has 0 spiro atoms. The van der Waals surface area contributed by atoms with Gasteiger partial charge in [-0.05, 0) is 36.1 Å². The zero-order chi connectivity index (χ0) is 21.9. The molecule has 7 heteroatoms. The van der Waals surface area contributed by atoms with Gasteiger partial charge in [-0.1, -0.05) is 27.4 Å². The number of benzene rings is 1. The molecule has 1 aromatic carbocycles. The van der Waals surface area contributed by atoms with Crippen LogP contribution in [0.4, 0.5) is 10.1 Å². The van der Waals surface area contributed by atoms with Gasteiger partial charge in [0.15, 0.2) is 0 Å². The van der Waals surface area contributed by atoms with Crippen LogP contribution in [0.25, 0.3) is 5.57 Å². The second-order valence-electron chi connectivity index (χ2n) is 7.85. The lowest BCUT2D eigenvalue weighted by atomic mass is 9.84. The summed E-state index contributed by atoms with van der Waals surface area (Å²) in [4.78, 5) is 28.5. The second-order valence-corrected chi connectivity index (χ2v) is 7.85. The molecule has 1 heterocycles. The number of nitrogens with zero attached hydrogens (tertiary/aromatic N) is 1. The summed E-state index contributed by atoms with van der Waals surface area (Å²) < 4.78 is 19.8. The Morgan fingerprint density at radius 3 is 2.48 bits per heavy atom. The highest BCUT2D eigenvalue weighted by Gasteiger charge is 2.26. The summed E-state index contributed by atoms with van der Waals surface area (Å²) in [6.07, 6.45) is 1.19. The number of amides is 2. The minimum atomic E-state index is -0.683. The van der Waals surface area contributed by atoms with Crippen LogP contribution in [0.15, 0.2) is 31.0 Å². The molecule has 154 valence electrons. The Bertz CT molecular complexity index is 978. The Labute approximate surface area is 170 Å². The molecule has 0 aliphatic heterocycles. The van der Waals surface area contributed by atoms with E-state index in [4.69, 9.17) is 10.5 Å². The van der Waals surface area contributed by atoms with Crippen molar-refractivity contribution < 1.29 is 18.7 Å². The number of ether oxygens (including phenoxy) is 1. The number of methoxy groups -OCH3 is 1. The molecular weight excluding hydrogens is 373 g/mol. The number of primary amides is 1. The van der Waals surface area contributed by atoms with Crippen LogP contribution in [0.1, 0.15) is 54.9 Å². The summed E-state index contributed by atoms with van der Waals surface area (Å²) in [5.74, 6) is -1.21. The predicted octanol–water partition coefficient (Wildman–Crippen LogP) is 3.84. The number of carbonyl (C=O) groups is 2. The van der Waals surface area contributed by atoms with Crippen molar-refractivity contribution >= 4 is 23.1 Å². The molecule has 29 heavy (non-hydrogen) atoms. The third-order valence-electron chi connectivity index (χ3n) is 4.39. The molecule has 0 fully saturated rings. The highest BCUT2D eigenvalue weighted by atomic mass is 19.1. The Morgan fingerprint density at radius 1 is 1.31 bits per heavy atom. The van der Waals surface area contributed by atoms with E-state index in [2.05, 4.69) is 16.9 Å². The standard InChI is InChI=1S/C22H26FN3O3/c1-12(2)14-11-15(23)13(9-17(14)29-6)10-18(27)26-16-7-8-25-20(21(24)28)19(16)22(3,4)5/h7-9,11H,1,10H2,2-6H3,(H2,24,28)(H,25,26,27). The lowest BCUT2D eigenvalue weighted by Crippen LogP contribution is -2.26. The minimum Gasteiger partial charge on any atom is -0.496 e. The summed E-state index contributed by atoms with van der Waals surface area (Å²) >= 11 is 0. The molecule has 0 saturated heterocycles. The molecule has 3 N–H and O–H groups in total. The van der Waals surface area contributed by atoms with E-state index in [1.165, 1.54) is 25.4 Å². The van der Waals surface area contributed by atoms with E-state index in [1.807, 2.05) is 20.8 Å². The van der Waals surface area contributed by atoms with Crippen molar-refractivity contribution in [3.8, 4) is 5.75 Å². The molecule has 0 bridgehead atoms. The van der Waals surface area contributed by atoms with E-state index < -0.39 is 23.0 Å². The van der Waals surface area contributed by atoms with Crippen molar-refractivity contribution in [2.45, 2.75) is 39.5 Å². The zero-order valence-corrected chi connectivity index (χ0v) is 17.4. The van der Waals surface area contributed by atoms with Gasteiger partial charge in [-0.25, -0.2) is 4.39 Å². The van der Waals surface area contributed by atoms with Gasteiger partial charge in [0.1, 0.15) is 17.3 Å². The number of nitrogens with two attached hydrogens (primary N) is 1. The van der Waals surface area contributed by atoms with Crippen LogP contribution >= 0.6 is 0 Å². The third-order valence-corrected chi connectivity index (χ3v) is 4.39. The Kier molecular flexibility index (Phi) is 6.41. The van der Waals surface area contributed by atoms with E-state index >= 15 is 0 Å². The number of rotatable bonds is 6. The van der Waals surface area contributed by atoms with Crippen molar-refractivity contribution in [3.05, 3.63) is 59.2 Å². The van der Waals surface area contributed by atoms with Gasteiger partial charge in [0, 0.05) is 28.6 Å². The van der Waals surface area contributed by atoms with Crippen LogP contribution < -0.4 is 15.8 Å². The summed E-state index contributed by atoms with van der Waals surface area (Å²) in [7, 11) is 1.47. The number of anilines is 1. The van der Waals surface area contributed by atoms with E-state index in [0.717, 1.165) is 0 Å². The lowest BCUT2D eigenvalue weighted by molar-refractivity contribution is -0.115. The Morgan fingerprint density at radius 2 is 1.97 bits per heavy atom. The molecule has 2 amide bonds. The van der Waals surface area contributed by atoms with Gasteiger partial charge in [0.25, 0.3) is 5.91 Å². The normalized spacial score (nSPS) is 11.1. The number of hydrogen-bond acceptors (Lipinski definition) is 4. The molecule has 0 unspecified atom stereocenters. The first-order valence-corrected chi connectivity index (χ1v) is 9.07. The maximum absolute atomic E-state index is 14.5. The topological polar surface area (TPSA) is 94.3 Å². The smallest absolute Gasteiger partial charge is 0.267 e. The fraction of sp³-hybridized carbons (Fsp3) is 0.318. The molecule has 0 aliphatic carbocycles. The van der Waals surface area contributed by atoms with Crippen molar-refractivity contribution in [1.29, 1.82) is 0 Å². The summed E-state index contributed by atoms with van der Waals surface area (Å²) in [6, 6.07) is 4.39. The average molecular weight is 399 g/mol. The minimum absolute atomic E-state index is 0.0916. The average Bonchev–Trinajstić information content (AvgIpc) is 2.61. The lowest BCUT2D eigenvalue weighted by Gasteiger charge is -2.24. The molecule has 2 aromatic rings. The maximum Gasteiger partial charge on any atom is 0.267 e. The van der Waals surface area contributed by atoms with Gasteiger partial charge in [-0.15, -0.1) is 0 Å². The molecule has 6 nitrogen and oxygen atoms in total. The van der Waals surface area contributed by atoms with Crippen molar-refractivity contribution in [3.63, 3.8) is 0 Å². The van der Waals surface area contributed by atoms with Gasteiger partial charge in [-0.2, -0.15) is 0 Å². The largest absolute Gasteiger partial charge is 0.496 e. The van der Waals surface area contributed by atoms with Crippen LogP contribution in [0, 0.1) is 5.82 Å².